The van der Waals surface area contributed by atoms with E-state index in [1.54, 1.807) is 0 Å². The third-order valence-electron chi connectivity index (χ3n) is 3.23. The van der Waals surface area contributed by atoms with Crippen LogP contribution in [0.1, 0.15) is 47.2 Å². The summed E-state index contributed by atoms with van der Waals surface area (Å²) in [5.41, 5.74) is 1.84. The fourth-order valence-electron chi connectivity index (χ4n) is 2.64. The Morgan fingerprint density at radius 1 is 1.00 bits per heavy atom. The lowest BCUT2D eigenvalue weighted by atomic mass is 9.65. The third kappa shape index (κ3) is 3.62. The van der Waals surface area contributed by atoms with E-state index >= 15 is 0 Å². The molecule has 0 fully saturated rings. The van der Waals surface area contributed by atoms with Gasteiger partial charge in [-0.3, -0.25) is 4.98 Å². The van der Waals surface area contributed by atoms with Crippen LogP contribution in [0.15, 0.2) is 24.4 Å². The third-order valence-corrected chi connectivity index (χ3v) is 3.23. The van der Waals surface area contributed by atoms with Gasteiger partial charge in [0.05, 0.1) is 0 Å². The first-order valence-electron chi connectivity index (χ1n) is 6.11. The van der Waals surface area contributed by atoms with Gasteiger partial charge in [-0.05, 0) is 35.3 Å². The lowest BCUT2D eigenvalue weighted by Gasteiger charge is -2.40. The molecule has 0 spiro atoms. The maximum absolute atomic E-state index is 4.45. The minimum absolute atomic E-state index is 0.315. The Kier molecular flexibility index (Phi) is 3.77. The van der Waals surface area contributed by atoms with E-state index < -0.39 is 0 Å². The zero-order valence-electron chi connectivity index (χ0n) is 11.5. The van der Waals surface area contributed by atoms with Gasteiger partial charge in [0.2, 0.25) is 0 Å². The highest BCUT2D eigenvalue weighted by Gasteiger charge is 2.34. The SMILES string of the molecule is CC(C)(C)C(Cc1ccccn1)C(C)(C)C. The van der Waals surface area contributed by atoms with E-state index in [0.29, 0.717) is 16.7 Å². The molecule has 0 unspecified atom stereocenters. The summed E-state index contributed by atoms with van der Waals surface area (Å²) in [4.78, 5) is 4.45. The van der Waals surface area contributed by atoms with Crippen LogP contribution in [0.25, 0.3) is 0 Å². The van der Waals surface area contributed by atoms with Crippen LogP contribution in [0.4, 0.5) is 0 Å². The van der Waals surface area contributed by atoms with Crippen LogP contribution in [0, 0.1) is 16.7 Å². The second-order valence-electron chi connectivity index (χ2n) is 6.81. The van der Waals surface area contributed by atoms with Gasteiger partial charge in [0.25, 0.3) is 0 Å². The zero-order valence-corrected chi connectivity index (χ0v) is 11.5. The minimum Gasteiger partial charge on any atom is -0.261 e. The van der Waals surface area contributed by atoms with Gasteiger partial charge in [0.15, 0.2) is 0 Å². The Hall–Kier alpha value is -0.850. The normalized spacial score (nSPS) is 13.2. The summed E-state index contributed by atoms with van der Waals surface area (Å²) in [6.07, 6.45) is 2.95. The molecule has 0 aromatic carbocycles. The Balaban J connectivity index is 2.89. The molecular formula is C15H25N. The fourth-order valence-corrected chi connectivity index (χ4v) is 2.64. The van der Waals surface area contributed by atoms with Crippen LogP contribution in [0.3, 0.4) is 0 Å². The molecule has 0 bridgehead atoms. The number of aromatic nitrogens is 1. The number of rotatable bonds is 2. The summed E-state index contributed by atoms with van der Waals surface area (Å²) >= 11 is 0. The molecule has 1 heteroatoms. The van der Waals surface area contributed by atoms with Crippen molar-refractivity contribution in [3.05, 3.63) is 30.1 Å². The minimum atomic E-state index is 0.315. The Morgan fingerprint density at radius 3 is 1.94 bits per heavy atom. The summed E-state index contributed by atoms with van der Waals surface area (Å²) in [6, 6.07) is 6.18. The maximum Gasteiger partial charge on any atom is 0.0406 e. The summed E-state index contributed by atoms with van der Waals surface area (Å²) in [7, 11) is 0. The Labute approximate surface area is 100 Å². The lowest BCUT2D eigenvalue weighted by molar-refractivity contribution is 0.101. The van der Waals surface area contributed by atoms with E-state index in [0.717, 1.165) is 6.42 Å². The Morgan fingerprint density at radius 2 is 1.56 bits per heavy atom. The van der Waals surface area contributed by atoms with Crippen molar-refractivity contribution < 1.29 is 0 Å². The number of pyridine rings is 1. The topological polar surface area (TPSA) is 12.9 Å². The van der Waals surface area contributed by atoms with E-state index in [-0.39, 0.29) is 0 Å². The quantitative estimate of drug-likeness (QED) is 0.721. The van der Waals surface area contributed by atoms with Gasteiger partial charge in [0.1, 0.15) is 0 Å². The van der Waals surface area contributed by atoms with Gasteiger partial charge in [-0.15, -0.1) is 0 Å². The molecular weight excluding hydrogens is 194 g/mol. The average Bonchev–Trinajstić information content (AvgIpc) is 2.12. The van der Waals surface area contributed by atoms with Gasteiger partial charge >= 0.3 is 0 Å². The molecule has 0 amide bonds. The summed E-state index contributed by atoms with van der Waals surface area (Å²) in [5.74, 6) is 0.634. The summed E-state index contributed by atoms with van der Waals surface area (Å²) in [5, 5.41) is 0. The van der Waals surface area contributed by atoms with Crippen molar-refractivity contribution in [3.8, 4) is 0 Å². The zero-order chi connectivity index (χ0) is 12.4. The van der Waals surface area contributed by atoms with Gasteiger partial charge in [-0.25, -0.2) is 0 Å². The van der Waals surface area contributed by atoms with Gasteiger partial charge in [0, 0.05) is 11.9 Å². The second-order valence-corrected chi connectivity index (χ2v) is 6.81. The molecule has 0 aliphatic rings. The summed E-state index contributed by atoms with van der Waals surface area (Å²) in [6.45, 7) is 14.0. The smallest absolute Gasteiger partial charge is 0.0406 e. The van der Waals surface area contributed by atoms with Crippen molar-refractivity contribution in [1.82, 2.24) is 4.98 Å². The molecule has 1 aromatic rings. The maximum atomic E-state index is 4.45. The van der Waals surface area contributed by atoms with Crippen LogP contribution in [0.5, 0.6) is 0 Å². The predicted molar refractivity (Wildman–Crippen MR) is 70.3 cm³/mol. The van der Waals surface area contributed by atoms with Crippen LogP contribution in [-0.4, -0.2) is 4.98 Å². The van der Waals surface area contributed by atoms with Gasteiger partial charge in [-0.2, -0.15) is 0 Å². The van der Waals surface area contributed by atoms with Crippen LogP contribution >= 0.6 is 0 Å². The first kappa shape index (κ1) is 13.2. The van der Waals surface area contributed by atoms with E-state index in [2.05, 4.69) is 58.7 Å². The first-order valence-corrected chi connectivity index (χ1v) is 6.11. The van der Waals surface area contributed by atoms with Crippen LogP contribution in [-0.2, 0) is 6.42 Å². The molecule has 0 radical (unpaired) electrons. The van der Waals surface area contributed by atoms with Crippen molar-refractivity contribution >= 4 is 0 Å². The van der Waals surface area contributed by atoms with Crippen molar-refractivity contribution in [2.45, 2.75) is 48.0 Å². The van der Waals surface area contributed by atoms with Gasteiger partial charge in [-0.1, -0.05) is 47.6 Å². The summed E-state index contributed by atoms with van der Waals surface area (Å²) < 4.78 is 0. The molecule has 16 heavy (non-hydrogen) atoms. The molecule has 1 heterocycles. The number of hydrogen-bond donors (Lipinski definition) is 0. The molecule has 0 atom stereocenters. The monoisotopic (exact) mass is 219 g/mol. The highest BCUT2D eigenvalue weighted by atomic mass is 14.7. The van der Waals surface area contributed by atoms with Crippen LogP contribution < -0.4 is 0 Å². The molecule has 1 rings (SSSR count). The van der Waals surface area contributed by atoms with Crippen molar-refractivity contribution in [2.75, 3.05) is 0 Å². The molecule has 1 nitrogen and oxygen atoms in total. The standard InChI is InChI=1S/C15H25N/c1-14(2,3)13(15(4,5)6)11-12-9-7-8-10-16-12/h7-10,13H,11H2,1-6H3. The molecule has 0 N–H and O–H groups in total. The first-order chi connectivity index (χ1) is 7.21. The van der Waals surface area contributed by atoms with Gasteiger partial charge < -0.3 is 0 Å². The molecule has 0 saturated heterocycles. The average molecular weight is 219 g/mol. The molecule has 0 aliphatic carbocycles. The number of nitrogens with zero attached hydrogens (tertiary/aromatic N) is 1. The van der Waals surface area contributed by atoms with Crippen LogP contribution in [0.2, 0.25) is 0 Å². The number of hydrogen-bond acceptors (Lipinski definition) is 1. The molecule has 1 aromatic heterocycles. The highest BCUT2D eigenvalue weighted by molar-refractivity contribution is 5.06. The Bertz CT molecular complexity index is 300. The largest absolute Gasteiger partial charge is 0.261 e. The molecule has 0 saturated carbocycles. The van der Waals surface area contributed by atoms with Crippen molar-refractivity contribution in [3.63, 3.8) is 0 Å². The van der Waals surface area contributed by atoms with Crippen molar-refractivity contribution in [1.29, 1.82) is 0 Å². The van der Waals surface area contributed by atoms with E-state index in [9.17, 15) is 0 Å². The van der Waals surface area contributed by atoms with Crippen molar-refractivity contribution in [2.24, 2.45) is 16.7 Å². The predicted octanol–water partition coefficient (Wildman–Crippen LogP) is 4.33. The van der Waals surface area contributed by atoms with E-state index in [1.165, 1.54) is 5.69 Å². The molecule has 0 aliphatic heterocycles. The highest BCUT2D eigenvalue weighted by Crippen LogP contribution is 2.41. The fraction of sp³-hybridized carbons (Fsp3) is 0.667. The second kappa shape index (κ2) is 4.57. The van der Waals surface area contributed by atoms with E-state index in [4.69, 9.17) is 0 Å². The molecule has 90 valence electrons. The lowest BCUT2D eigenvalue weighted by Crippen LogP contribution is -2.34. The van der Waals surface area contributed by atoms with E-state index in [1.807, 2.05) is 12.3 Å².